The van der Waals surface area contributed by atoms with Gasteiger partial charge in [0.05, 0.1) is 7.11 Å². The van der Waals surface area contributed by atoms with E-state index in [9.17, 15) is 4.79 Å². The molecule has 0 radical (unpaired) electrons. The molecule has 0 bridgehead atoms. The molecule has 0 amide bonds. The van der Waals surface area contributed by atoms with Crippen LogP contribution >= 0.6 is 0 Å². The van der Waals surface area contributed by atoms with Gasteiger partial charge in [-0.1, -0.05) is 37.3 Å². The number of carbonyl (C=O) groups excluding carboxylic acids is 1. The summed E-state index contributed by atoms with van der Waals surface area (Å²) in [4.78, 5) is 11.5. The van der Waals surface area contributed by atoms with E-state index in [-0.39, 0.29) is 12.0 Å². The molecule has 0 saturated carbocycles. The van der Waals surface area contributed by atoms with E-state index in [1.807, 2.05) is 30.3 Å². The predicted octanol–water partition coefficient (Wildman–Crippen LogP) is 1.77. The Morgan fingerprint density at radius 1 is 1.38 bits per heavy atom. The van der Waals surface area contributed by atoms with E-state index >= 15 is 0 Å². The van der Waals surface area contributed by atoms with Crippen LogP contribution in [0.5, 0.6) is 0 Å². The second-order valence-corrected chi connectivity index (χ2v) is 3.72. The summed E-state index contributed by atoms with van der Waals surface area (Å²) in [7, 11) is 1.42. The SMILES string of the molecule is CCCNC(Cc1ccccc1)C(=O)OC. The third kappa shape index (κ3) is 4.03. The molecule has 0 spiro atoms. The van der Waals surface area contributed by atoms with E-state index in [2.05, 4.69) is 12.2 Å². The number of ether oxygens (including phenoxy) is 1. The fourth-order valence-electron chi connectivity index (χ4n) is 1.55. The second-order valence-electron chi connectivity index (χ2n) is 3.72. The molecule has 0 saturated heterocycles. The standard InChI is InChI=1S/C13H19NO2/c1-3-9-14-12(13(15)16-2)10-11-7-5-4-6-8-11/h4-8,12,14H,3,9-10H2,1-2H3. The molecule has 0 aliphatic carbocycles. The Hall–Kier alpha value is -1.35. The van der Waals surface area contributed by atoms with Crippen molar-refractivity contribution < 1.29 is 9.53 Å². The molecule has 1 atom stereocenters. The zero-order valence-electron chi connectivity index (χ0n) is 9.90. The van der Waals surface area contributed by atoms with Crippen molar-refractivity contribution in [3.63, 3.8) is 0 Å². The first-order chi connectivity index (χ1) is 7.77. The quantitative estimate of drug-likeness (QED) is 0.744. The summed E-state index contributed by atoms with van der Waals surface area (Å²) < 4.78 is 4.78. The third-order valence-electron chi connectivity index (χ3n) is 2.41. The Labute approximate surface area is 96.8 Å². The van der Waals surface area contributed by atoms with Crippen molar-refractivity contribution in [1.29, 1.82) is 0 Å². The lowest BCUT2D eigenvalue weighted by molar-refractivity contribution is -0.143. The summed E-state index contributed by atoms with van der Waals surface area (Å²) in [6, 6.07) is 9.71. The lowest BCUT2D eigenvalue weighted by atomic mass is 10.1. The monoisotopic (exact) mass is 221 g/mol. The van der Waals surface area contributed by atoms with E-state index in [0.717, 1.165) is 18.5 Å². The number of rotatable bonds is 6. The summed E-state index contributed by atoms with van der Waals surface area (Å²) in [6.07, 6.45) is 1.68. The molecular formula is C13H19NO2. The molecule has 0 aliphatic rings. The molecule has 1 aromatic rings. The molecule has 1 unspecified atom stereocenters. The first-order valence-electron chi connectivity index (χ1n) is 5.63. The summed E-state index contributed by atoms with van der Waals surface area (Å²) in [5, 5.41) is 3.19. The zero-order valence-corrected chi connectivity index (χ0v) is 9.90. The van der Waals surface area contributed by atoms with Crippen LogP contribution < -0.4 is 5.32 Å². The number of esters is 1. The Kier molecular flexibility index (Phi) is 5.57. The van der Waals surface area contributed by atoms with Crippen LogP contribution in [0.1, 0.15) is 18.9 Å². The molecule has 88 valence electrons. The highest BCUT2D eigenvalue weighted by molar-refractivity contribution is 5.76. The number of hydrogen-bond donors (Lipinski definition) is 1. The van der Waals surface area contributed by atoms with Crippen LogP contribution in [0.15, 0.2) is 30.3 Å². The van der Waals surface area contributed by atoms with Gasteiger partial charge in [-0.15, -0.1) is 0 Å². The van der Waals surface area contributed by atoms with Gasteiger partial charge in [0, 0.05) is 0 Å². The van der Waals surface area contributed by atoms with Crippen LogP contribution in [0.2, 0.25) is 0 Å². The number of methoxy groups -OCH3 is 1. The zero-order chi connectivity index (χ0) is 11.8. The maximum Gasteiger partial charge on any atom is 0.323 e. The smallest absolute Gasteiger partial charge is 0.323 e. The highest BCUT2D eigenvalue weighted by Gasteiger charge is 2.18. The molecule has 1 aromatic carbocycles. The topological polar surface area (TPSA) is 38.3 Å². The molecule has 16 heavy (non-hydrogen) atoms. The van der Waals surface area contributed by atoms with Crippen molar-refractivity contribution in [3.8, 4) is 0 Å². The van der Waals surface area contributed by atoms with Crippen molar-refractivity contribution in [3.05, 3.63) is 35.9 Å². The van der Waals surface area contributed by atoms with Gasteiger partial charge < -0.3 is 10.1 Å². The fourth-order valence-corrected chi connectivity index (χ4v) is 1.55. The Morgan fingerprint density at radius 2 is 2.06 bits per heavy atom. The van der Waals surface area contributed by atoms with Gasteiger partial charge in [0.15, 0.2) is 0 Å². The van der Waals surface area contributed by atoms with Gasteiger partial charge in [0.2, 0.25) is 0 Å². The van der Waals surface area contributed by atoms with E-state index in [1.165, 1.54) is 7.11 Å². The van der Waals surface area contributed by atoms with Gasteiger partial charge in [-0.05, 0) is 24.9 Å². The predicted molar refractivity (Wildman–Crippen MR) is 64.2 cm³/mol. The van der Waals surface area contributed by atoms with Crippen LogP contribution in [0.4, 0.5) is 0 Å². The normalized spacial score (nSPS) is 12.1. The van der Waals surface area contributed by atoms with Gasteiger partial charge in [0.1, 0.15) is 6.04 Å². The molecule has 0 aromatic heterocycles. The molecule has 0 fully saturated rings. The largest absolute Gasteiger partial charge is 0.468 e. The maximum atomic E-state index is 11.5. The Morgan fingerprint density at radius 3 is 2.62 bits per heavy atom. The minimum Gasteiger partial charge on any atom is -0.468 e. The summed E-state index contributed by atoms with van der Waals surface area (Å²) in [6.45, 7) is 2.90. The average Bonchev–Trinajstić information content (AvgIpc) is 2.34. The van der Waals surface area contributed by atoms with Crippen molar-refractivity contribution in [2.24, 2.45) is 0 Å². The van der Waals surface area contributed by atoms with Crippen molar-refractivity contribution in [2.75, 3.05) is 13.7 Å². The molecular weight excluding hydrogens is 202 g/mol. The minimum atomic E-state index is -0.243. The van der Waals surface area contributed by atoms with Crippen LogP contribution in [0.25, 0.3) is 0 Å². The maximum absolute atomic E-state index is 11.5. The van der Waals surface area contributed by atoms with Crippen LogP contribution in [0.3, 0.4) is 0 Å². The molecule has 0 aliphatic heterocycles. The highest BCUT2D eigenvalue weighted by atomic mass is 16.5. The Balaban J connectivity index is 2.59. The van der Waals surface area contributed by atoms with Crippen LogP contribution in [-0.4, -0.2) is 25.7 Å². The van der Waals surface area contributed by atoms with E-state index in [4.69, 9.17) is 4.74 Å². The highest BCUT2D eigenvalue weighted by Crippen LogP contribution is 2.04. The van der Waals surface area contributed by atoms with Gasteiger partial charge in [-0.2, -0.15) is 0 Å². The van der Waals surface area contributed by atoms with E-state index in [0.29, 0.717) is 6.42 Å². The van der Waals surface area contributed by atoms with Gasteiger partial charge in [-0.3, -0.25) is 4.79 Å². The lowest BCUT2D eigenvalue weighted by Crippen LogP contribution is -2.39. The van der Waals surface area contributed by atoms with Gasteiger partial charge >= 0.3 is 5.97 Å². The van der Waals surface area contributed by atoms with Crippen LogP contribution in [0, 0.1) is 0 Å². The number of carbonyl (C=O) groups is 1. The lowest BCUT2D eigenvalue weighted by Gasteiger charge is -2.15. The molecule has 1 rings (SSSR count). The number of nitrogens with one attached hydrogen (secondary N) is 1. The summed E-state index contributed by atoms with van der Waals surface area (Å²) in [5.74, 6) is -0.197. The average molecular weight is 221 g/mol. The minimum absolute atomic E-state index is 0.197. The number of benzene rings is 1. The summed E-state index contributed by atoms with van der Waals surface area (Å²) in [5.41, 5.74) is 1.14. The van der Waals surface area contributed by atoms with Gasteiger partial charge in [-0.25, -0.2) is 0 Å². The third-order valence-corrected chi connectivity index (χ3v) is 2.41. The summed E-state index contributed by atoms with van der Waals surface area (Å²) >= 11 is 0. The Bertz CT molecular complexity index is 311. The van der Waals surface area contributed by atoms with E-state index in [1.54, 1.807) is 0 Å². The first-order valence-corrected chi connectivity index (χ1v) is 5.63. The van der Waals surface area contributed by atoms with Crippen molar-refractivity contribution in [2.45, 2.75) is 25.8 Å². The molecule has 0 heterocycles. The van der Waals surface area contributed by atoms with Crippen LogP contribution in [-0.2, 0) is 16.0 Å². The fraction of sp³-hybridized carbons (Fsp3) is 0.462. The molecule has 1 N–H and O–H groups in total. The van der Waals surface area contributed by atoms with Crippen molar-refractivity contribution >= 4 is 5.97 Å². The van der Waals surface area contributed by atoms with E-state index < -0.39 is 0 Å². The first kappa shape index (κ1) is 12.7. The van der Waals surface area contributed by atoms with Crippen molar-refractivity contribution in [1.82, 2.24) is 5.32 Å². The molecule has 3 nitrogen and oxygen atoms in total. The number of hydrogen-bond acceptors (Lipinski definition) is 3. The van der Waals surface area contributed by atoms with Gasteiger partial charge in [0.25, 0.3) is 0 Å². The molecule has 3 heteroatoms. The second kappa shape index (κ2) is 7.01.